The maximum absolute atomic E-state index is 14.1. The quantitative estimate of drug-likeness (QED) is 0.706. The number of para-hydroxylation sites is 1. The van der Waals surface area contributed by atoms with Crippen LogP contribution in [0.25, 0.3) is 5.69 Å². The van der Waals surface area contributed by atoms with Gasteiger partial charge in [-0.2, -0.15) is 5.10 Å². The van der Waals surface area contributed by atoms with E-state index in [1.165, 1.54) is 53.2 Å². The van der Waals surface area contributed by atoms with E-state index in [9.17, 15) is 23.5 Å². The van der Waals surface area contributed by atoms with Crippen LogP contribution in [0, 0.1) is 18.6 Å². The summed E-state index contributed by atoms with van der Waals surface area (Å²) in [5.41, 5.74) is -0.195. The van der Waals surface area contributed by atoms with E-state index in [0.717, 1.165) is 0 Å². The van der Waals surface area contributed by atoms with Crippen LogP contribution in [0.15, 0.2) is 59.4 Å². The van der Waals surface area contributed by atoms with E-state index in [1.54, 1.807) is 13.0 Å². The summed E-state index contributed by atoms with van der Waals surface area (Å²) in [6, 6.07) is 12.2. The summed E-state index contributed by atoms with van der Waals surface area (Å²) in [5.74, 6) is -1.81. The molecule has 1 unspecified atom stereocenters. The van der Waals surface area contributed by atoms with E-state index in [1.807, 2.05) is 0 Å². The van der Waals surface area contributed by atoms with Gasteiger partial charge in [-0.15, -0.1) is 0 Å². The molecule has 28 heavy (non-hydrogen) atoms. The SMILES string of the molecule is Cc1cc(=O)c(C(=O)NCC(O)c2ccc(F)cc2)nn1-c1ccccc1F. The molecule has 144 valence electrons. The first-order valence-electron chi connectivity index (χ1n) is 8.44. The van der Waals surface area contributed by atoms with Crippen molar-refractivity contribution >= 4 is 5.91 Å². The van der Waals surface area contributed by atoms with Crippen LogP contribution in [0.4, 0.5) is 8.78 Å². The number of benzene rings is 2. The van der Waals surface area contributed by atoms with Gasteiger partial charge in [0, 0.05) is 18.3 Å². The second-order valence-corrected chi connectivity index (χ2v) is 6.14. The number of halogens is 2. The van der Waals surface area contributed by atoms with Gasteiger partial charge in [0.15, 0.2) is 5.69 Å². The van der Waals surface area contributed by atoms with Crippen molar-refractivity contribution < 1.29 is 18.7 Å². The number of nitrogens with one attached hydrogen (secondary N) is 1. The number of aliphatic hydroxyl groups excluding tert-OH is 1. The number of rotatable bonds is 5. The molecule has 0 aliphatic carbocycles. The molecule has 0 fully saturated rings. The van der Waals surface area contributed by atoms with E-state index in [4.69, 9.17) is 0 Å². The van der Waals surface area contributed by atoms with Gasteiger partial charge >= 0.3 is 0 Å². The highest BCUT2D eigenvalue weighted by Crippen LogP contribution is 2.14. The lowest BCUT2D eigenvalue weighted by atomic mass is 10.1. The summed E-state index contributed by atoms with van der Waals surface area (Å²) < 4.78 is 28.2. The summed E-state index contributed by atoms with van der Waals surface area (Å²) in [5, 5.41) is 16.5. The monoisotopic (exact) mass is 385 g/mol. The number of hydrogen-bond donors (Lipinski definition) is 2. The first-order valence-corrected chi connectivity index (χ1v) is 8.44. The van der Waals surface area contributed by atoms with Crippen LogP contribution >= 0.6 is 0 Å². The Morgan fingerprint density at radius 2 is 1.86 bits per heavy atom. The average Bonchev–Trinajstić information content (AvgIpc) is 2.67. The molecule has 1 heterocycles. The molecule has 8 heteroatoms. The molecule has 0 aliphatic heterocycles. The first-order chi connectivity index (χ1) is 13.4. The van der Waals surface area contributed by atoms with Gasteiger partial charge in [-0.05, 0) is 36.8 Å². The van der Waals surface area contributed by atoms with Gasteiger partial charge in [-0.25, -0.2) is 13.5 Å². The van der Waals surface area contributed by atoms with Gasteiger partial charge in [-0.1, -0.05) is 24.3 Å². The molecule has 1 aromatic heterocycles. The van der Waals surface area contributed by atoms with E-state index in [-0.39, 0.29) is 12.2 Å². The minimum atomic E-state index is -1.09. The van der Waals surface area contributed by atoms with Crippen LogP contribution < -0.4 is 10.7 Å². The molecular formula is C20H17F2N3O3. The van der Waals surface area contributed by atoms with E-state index >= 15 is 0 Å². The van der Waals surface area contributed by atoms with Crippen molar-refractivity contribution in [3.8, 4) is 5.69 Å². The Labute approximate surface area is 159 Å². The van der Waals surface area contributed by atoms with E-state index in [0.29, 0.717) is 11.3 Å². The first kappa shape index (κ1) is 19.4. The third kappa shape index (κ3) is 4.12. The summed E-state index contributed by atoms with van der Waals surface area (Å²) in [7, 11) is 0. The number of amides is 1. The van der Waals surface area contributed by atoms with Crippen molar-refractivity contribution in [3.05, 3.63) is 93.4 Å². The zero-order valence-corrected chi connectivity index (χ0v) is 14.9. The number of aryl methyl sites for hydroxylation is 1. The Balaban J connectivity index is 1.82. The Hall–Kier alpha value is -3.39. The summed E-state index contributed by atoms with van der Waals surface area (Å²) in [6.07, 6.45) is -1.09. The molecule has 1 amide bonds. The largest absolute Gasteiger partial charge is 0.387 e. The van der Waals surface area contributed by atoms with Crippen molar-refractivity contribution in [2.24, 2.45) is 0 Å². The van der Waals surface area contributed by atoms with Gasteiger partial charge in [0.1, 0.15) is 17.3 Å². The lowest BCUT2D eigenvalue weighted by Crippen LogP contribution is -2.34. The lowest BCUT2D eigenvalue weighted by Gasteiger charge is -2.14. The maximum atomic E-state index is 14.1. The lowest BCUT2D eigenvalue weighted by molar-refractivity contribution is 0.0908. The van der Waals surface area contributed by atoms with Crippen LogP contribution in [0.2, 0.25) is 0 Å². The zero-order chi connectivity index (χ0) is 20.3. The van der Waals surface area contributed by atoms with Crippen molar-refractivity contribution in [1.82, 2.24) is 15.1 Å². The number of carbonyl (C=O) groups is 1. The standard InChI is InChI=1S/C20H17F2N3O3/c1-12-10-17(26)19(24-25(12)16-5-3-2-4-15(16)22)20(28)23-11-18(27)13-6-8-14(21)9-7-13/h2-10,18,27H,11H2,1H3,(H,23,28). The average molecular weight is 385 g/mol. The molecule has 0 spiro atoms. The van der Waals surface area contributed by atoms with E-state index < -0.39 is 34.8 Å². The van der Waals surface area contributed by atoms with Crippen LogP contribution in [0.1, 0.15) is 27.8 Å². The minimum absolute atomic E-state index is 0.0976. The predicted molar refractivity (Wildman–Crippen MR) is 98.2 cm³/mol. The van der Waals surface area contributed by atoms with Crippen LogP contribution in [-0.2, 0) is 0 Å². The normalized spacial score (nSPS) is 11.9. The maximum Gasteiger partial charge on any atom is 0.275 e. The molecule has 0 radical (unpaired) electrons. The van der Waals surface area contributed by atoms with Gasteiger partial charge < -0.3 is 10.4 Å². The van der Waals surface area contributed by atoms with Gasteiger partial charge in [0.05, 0.1) is 6.10 Å². The molecule has 0 bridgehead atoms. The topological polar surface area (TPSA) is 84.2 Å². The number of hydrogen-bond acceptors (Lipinski definition) is 4. The third-order valence-corrected chi connectivity index (χ3v) is 4.11. The fourth-order valence-corrected chi connectivity index (χ4v) is 2.65. The Morgan fingerprint density at radius 3 is 2.54 bits per heavy atom. The van der Waals surface area contributed by atoms with Crippen LogP contribution in [-0.4, -0.2) is 27.3 Å². The molecule has 2 aromatic carbocycles. The fourth-order valence-electron chi connectivity index (χ4n) is 2.65. The summed E-state index contributed by atoms with van der Waals surface area (Å²) in [6.45, 7) is 1.36. The van der Waals surface area contributed by atoms with Gasteiger partial charge in [0.25, 0.3) is 5.91 Å². The summed E-state index contributed by atoms with van der Waals surface area (Å²) >= 11 is 0. The van der Waals surface area contributed by atoms with Crippen molar-refractivity contribution in [1.29, 1.82) is 0 Å². The molecule has 1 atom stereocenters. The Kier molecular flexibility index (Phi) is 5.60. The Morgan fingerprint density at radius 1 is 1.18 bits per heavy atom. The van der Waals surface area contributed by atoms with Crippen LogP contribution in [0.3, 0.4) is 0 Å². The number of aromatic nitrogens is 2. The van der Waals surface area contributed by atoms with E-state index in [2.05, 4.69) is 10.4 Å². The zero-order valence-electron chi connectivity index (χ0n) is 14.9. The van der Waals surface area contributed by atoms with Gasteiger partial charge in [0.2, 0.25) is 5.43 Å². The highest BCUT2D eigenvalue weighted by molar-refractivity contribution is 5.92. The highest BCUT2D eigenvalue weighted by Gasteiger charge is 2.18. The second-order valence-electron chi connectivity index (χ2n) is 6.14. The molecular weight excluding hydrogens is 368 g/mol. The molecule has 6 nitrogen and oxygen atoms in total. The van der Waals surface area contributed by atoms with Crippen LogP contribution in [0.5, 0.6) is 0 Å². The van der Waals surface area contributed by atoms with Gasteiger partial charge in [-0.3, -0.25) is 9.59 Å². The number of carbonyl (C=O) groups excluding carboxylic acids is 1. The number of nitrogens with zero attached hydrogens (tertiary/aromatic N) is 2. The highest BCUT2D eigenvalue weighted by atomic mass is 19.1. The fraction of sp³-hybridized carbons (Fsp3) is 0.150. The molecule has 0 saturated heterocycles. The molecule has 2 N–H and O–H groups in total. The molecule has 0 aliphatic rings. The van der Waals surface area contributed by atoms with Crippen molar-refractivity contribution in [3.63, 3.8) is 0 Å². The minimum Gasteiger partial charge on any atom is -0.387 e. The molecule has 3 aromatic rings. The molecule has 0 saturated carbocycles. The smallest absolute Gasteiger partial charge is 0.275 e. The van der Waals surface area contributed by atoms with Crippen molar-refractivity contribution in [2.45, 2.75) is 13.0 Å². The summed E-state index contributed by atoms with van der Waals surface area (Å²) in [4.78, 5) is 24.6. The van der Waals surface area contributed by atoms with Crippen molar-refractivity contribution in [2.75, 3.05) is 6.54 Å². The number of aliphatic hydroxyl groups is 1. The Bertz CT molecular complexity index is 1070. The second kappa shape index (κ2) is 8.10. The predicted octanol–water partition coefficient (Wildman–Crippen LogP) is 2.28. The third-order valence-electron chi connectivity index (χ3n) is 4.11. The molecule has 3 rings (SSSR count).